The molecule has 0 atom stereocenters. The maximum atomic E-state index is 13.3. The van der Waals surface area contributed by atoms with Gasteiger partial charge in [0.15, 0.2) is 5.12 Å². The summed E-state index contributed by atoms with van der Waals surface area (Å²) in [7, 11) is 0. The highest BCUT2D eigenvalue weighted by Crippen LogP contribution is 2.21. The molecular weight excluding hydrogens is 279 g/mol. The zero-order valence-corrected chi connectivity index (χ0v) is 10.6. The minimum atomic E-state index is -0.270. The summed E-state index contributed by atoms with van der Waals surface area (Å²) in [6.07, 6.45) is 3.45. The highest BCUT2D eigenvalue weighted by atomic mass is 79.9. The normalized spacial score (nSPS) is 10.9. The van der Waals surface area contributed by atoms with Crippen molar-refractivity contribution in [2.75, 3.05) is 5.75 Å². The quantitative estimate of drug-likeness (QED) is 0.840. The van der Waals surface area contributed by atoms with E-state index in [0.29, 0.717) is 15.8 Å². The fourth-order valence-corrected chi connectivity index (χ4v) is 1.90. The van der Waals surface area contributed by atoms with Gasteiger partial charge in [0.25, 0.3) is 0 Å². The molecule has 1 aromatic rings. The van der Waals surface area contributed by atoms with Crippen LogP contribution in [0.3, 0.4) is 0 Å². The third-order valence-electron chi connectivity index (χ3n) is 1.67. The van der Waals surface area contributed by atoms with E-state index >= 15 is 0 Å². The van der Waals surface area contributed by atoms with Crippen molar-refractivity contribution >= 4 is 38.9 Å². The van der Waals surface area contributed by atoms with Crippen molar-refractivity contribution in [2.24, 2.45) is 0 Å². The van der Waals surface area contributed by atoms with E-state index < -0.39 is 0 Å². The number of rotatable bonds is 3. The van der Waals surface area contributed by atoms with Gasteiger partial charge in [0.2, 0.25) is 0 Å². The lowest BCUT2D eigenvalue weighted by atomic mass is 10.2. The summed E-state index contributed by atoms with van der Waals surface area (Å²) in [5, 5.41) is 0.0623. The molecule has 0 spiro atoms. The van der Waals surface area contributed by atoms with Gasteiger partial charge < -0.3 is 0 Å². The van der Waals surface area contributed by atoms with Gasteiger partial charge in [-0.3, -0.25) is 4.79 Å². The second kappa shape index (κ2) is 6.08. The highest BCUT2D eigenvalue weighted by Gasteiger charge is 2.01. The van der Waals surface area contributed by atoms with E-state index in [4.69, 9.17) is 0 Å². The molecule has 0 bridgehead atoms. The van der Waals surface area contributed by atoms with Gasteiger partial charge in [0, 0.05) is 22.7 Å². The van der Waals surface area contributed by atoms with Crippen LogP contribution in [0.1, 0.15) is 12.5 Å². The molecule has 4 heteroatoms. The Kier molecular flexibility index (Phi) is 5.05. The minimum absolute atomic E-state index is 0.0623. The van der Waals surface area contributed by atoms with E-state index in [1.165, 1.54) is 24.8 Å². The van der Waals surface area contributed by atoms with Gasteiger partial charge in [0.1, 0.15) is 5.82 Å². The first-order valence-corrected chi connectivity index (χ1v) is 6.13. The van der Waals surface area contributed by atoms with Gasteiger partial charge >= 0.3 is 0 Å². The van der Waals surface area contributed by atoms with Crippen molar-refractivity contribution in [2.45, 2.75) is 6.92 Å². The lowest BCUT2D eigenvalue weighted by Crippen LogP contribution is -1.85. The fraction of sp³-hybridized carbons (Fsp3) is 0.182. The van der Waals surface area contributed by atoms with Gasteiger partial charge in [-0.1, -0.05) is 45.9 Å². The van der Waals surface area contributed by atoms with Crippen molar-refractivity contribution in [3.8, 4) is 0 Å². The van der Waals surface area contributed by atoms with Crippen LogP contribution in [0.5, 0.6) is 0 Å². The molecule has 0 aliphatic heterocycles. The van der Waals surface area contributed by atoms with Crippen LogP contribution in [0.25, 0.3) is 6.08 Å². The van der Waals surface area contributed by atoms with Crippen molar-refractivity contribution < 1.29 is 9.18 Å². The van der Waals surface area contributed by atoms with Crippen LogP contribution in [0.2, 0.25) is 0 Å². The fourth-order valence-electron chi connectivity index (χ4n) is 1.00. The molecular formula is C11H10BrFOS. The van der Waals surface area contributed by atoms with Gasteiger partial charge in [-0.05, 0) is 12.1 Å². The van der Waals surface area contributed by atoms with Crippen LogP contribution in [-0.4, -0.2) is 10.9 Å². The molecule has 15 heavy (non-hydrogen) atoms. The molecule has 0 aliphatic carbocycles. The van der Waals surface area contributed by atoms with Crippen molar-refractivity contribution in [3.05, 3.63) is 40.1 Å². The molecule has 0 heterocycles. The van der Waals surface area contributed by atoms with Crippen molar-refractivity contribution in [3.63, 3.8) is 0 Å². The molecule has 0 N–H and O–H groups in total. The first-order valence-electron chi connectivity index (χ1n) is 4.35. The molecule has 0 unspecified atom stereocenters. The van der Waals surface area contributed by atoms with Gasteiger partial charge in [0.05, 0.1) is 0 Å². The first-order chi connectivity index (χ1) is 7.11. The van der Waals surface area contributed by atoms with E-state index in [-0.39, 0.29) is 10.9 Å². The number of hydrogen-bond acceptors (Lipinski definition) is 2. The second-order valence-electron chi connectivity index (χ2n) is 2.84. The average molecular weight is 289 g/mol. The smallest absolute Gasteiger partial charge is 0.186 e. The van der Waals surface area contributed by atoms with Gasteiger partial charge in [-0.2, -0.15) is 0 Å². The molecule has 0 aliphatic rings. The molecule has 1 aromatic carbocycles. The maximum absolute atomic E-state index is 13.3. The Morgan fingerprint density at radius 1 is 1.60 bits per heavy atom. The van der Waals surface area contributed by atoms with E-state index in [0.717, 1.165) is 0 Å². The summed E-state index contributed by atoms with van der Waals surface area (Å²) in [4.78, 5) is 10.6. The number of carbonyl (C=O) groups is 1. The molecule has 80 valence electrons. The zero-order valence-electron chi connectivity index (χ0n) is 8.17. The standard InChI is InChI=1S/C11H10BrFOS/c1-8(14)15-7-3-4-9-10(12)5-2-6-11(9)13/h2-6H,7H2,1H3. The van der Waals surface area contributed by atoms with E-state index in [9.17, 15) is 9.18 Å². The first kappa shape index (κ1) is 12.5. The van der Waals surface area contributed by atoms with Crippen molar-refractivity contribution in [1.29, 1.82) is 0 Å². The molecule has 0 saturated heterocycles. The lowest BCUT2D eigenvalue weighted by Gasteiger charge is -1.99. The third-order valence-corrected chi connectivity index (χ3v) is 3.12. The van der Waals surface area contributed by atoms with Crippen LogP contribution in [0, 0.1) is 5.82 Å². The molecule has 0 fully saturated rings. The number of hydrogen-bond donors (Lipinski definition) is 0. The molecule has 1 rings (SSSR count). The Morgan fingerprint density at radius 2 is 2.33 bits per heavy atom. The SMILES string of the molecule is CC(=O)SCC=Cc1c(F)cccc1Br. The summed E-state index contributed by atoms with van der Waals surface area (Å²) in [5.41, 5.74) is 0.515. The predicted octanol–water partition coefficient (Wildman–Crippen LogP) is 3.88. The second-order valence-corrected chi connectivity index (χ2v) is 4.89. The molecule has 0 saturated carbocycles. The highest BCUT2D eigenvalue weighted by molar-refractivity contribution is 9.10. The van der Waals surface area contributed by atoms with E-state index in [1.807, 2.05) is 0 Å². The van der Waals surface area contributed by atoms with Crippen LogP contribution >= 0.6 is 27.7 Å². The molecule has 1 nitrogen and oxygen atoms in total. The number of carbonyl (C=O) groups excluding carboxylic acids is 1. The Bertz CT molecular complexity index is 370. The average Bonchev–Trinajstić information content (AvgIpc) is 2.15. The lowest BCUT2D eigenvalue weighted by molar-refractivity contribution is -0.109. The molecule has 0 aromatic heterocycles. The van der Waals surface area contributed by atoms with Gasteiger partial charge in [-0.25, -0.2) is 4.39 Å². The summed E-state index contributed by atoms with van der Waals surface area (Å²) in [6, 6.07) is 4.82. The summed E-state index contributed by atoms with van der Waals surface area (Å²) in [5.74, 6) is 0.296. The number of thioether (sulfide) groups is 1. The number of halogens is 2. The zero-order chi connectivity index (χ0) is 11.3. The Morgan fingerprint density at radius 3 is 2.93 bits per heavy atom. The Hall–Kier alpha value is -0.610. The summed E-state index contributed by atoms with van der Waals surface area (Å²) in [6.45, 7) is 1.51. The maximum Gasteiger partial charge on any atom is 0.186 e. The topological polar surface area (TPSA) is 17.1 Å². The van der Waals surface area contributed by atoms with Crippen LogP contribution in [0.4, 0.5) is 4.39 Å². The van der Waals surface area contributed by atoms with E-state index in [1.54, 1.807) is 24.3 Å². The molecule has 0 radical (unpaired) electrons. The Labute approximate surface area is 101 Å². The van der Waals surface area contributed by atoms with Gasteiger partial charge in [-0.15, -0.1) is 0 Å². The van der Waals surface area contributed by atoms with E-state index in [2.05, 4.69) is 15.9 Å². The Balaban J connectivity index is 2.67. The third kappa shape index (κ3) is 4.18. The van der Waals surface area contributed by atoms with Crippen LogP contribution < -0.4 is 0 Å². The van der Waals surface area contributed by atoms with Crippen LogP contribution in [0.15, 0.2) is 28.7 Å². The van der Waals surface area contributed by atoms with Crippen LogP contribution in [-0.2, 0) is 4.79 Å². The monoisotopic (exact) mass is 288 g/mol. The number of benzene rings is 1. The summed E-state index contributed by atoms with van der Waals surface area (Å²) >= 11 is 4.46. The predicted molar refractivity (Wildman–Crippen MR) is 66.3 cm³/mol. The largest absolute Gasteiger partial charge is 0.288 e. The summed E-state index contributed by atoms with van der Waals surface area (Å²) < 4.78 is 14.0. The minimum Gasteiger partial charge on any atom is -0.288 e. The van der Waals surface area contributed by atoms with Crippen molar-refractivity contribution in [1.82, 2.24) is 0 Å². The molecule has 0 amide bonds.